The molecular formula is C12H19ClN2O. The molecule has 1 aromatic heterocycles. The SMILES string of the molecule is Cn1ncc(Cl)c1C(O)CCC1CCCC1. The van der Waals surface area contributed by atoms with Crippen LogP contribution >= 0.6 is 11.6 Å². The Labute approximate surface area is 101 Å². The maximum atomic E-state index is 10.1. The molecule has 0 amide bonds. The van der Waals surface area contributed by atoms with Gasteiger partial charge in [0.25, 0.3) is 0 Å². The van der Waals surface area contributed by atoms with E-state index in [1.165, 1.54) is 25.7 Å². The largest absolute Gasteiger partial charge is 0.387 e. The van der Waals surface area contributed by atoms with Crippen LogP contribution in [0.25, 0.3) is 0 Å². The summed E-state index contributed by atoms with van der Waals surface area (Å²) in [6.07, 6.45) is 8.38. The number of hydrogen-bond donors (Lipinski definition) is 1. The molecule has 1 fully saturated rings. The van der Waals surface area contributed by atoms with E-state index in [9.17, 15) is 5.11 Å². The van der Waals surface area contributed by atoms with Crippen LogP contribution in [-0.4, -0.2) is 14.9 Å². The number of hydrogen-bond acceptors (Lipinski definition) is 2. The van der Waals surface area contributed by atoms with Crippen LogP contribution in [-0.2, 0) is 7.05 Å². The Balaban J connectivity index is 1.89. The zero-order chi connectivity index (χ0) is 11.5. The predicted molar refractivity (Wildman–Crippen MR) is 64.4 cm³/mol. The van der Waals surface area contributed by atoms with Gasteiger partial charge in [-0.1, -0.05) is 37.3 Å². The number of aromatic nitrogens is 2. The van der Waals surface area contributed by atoms with Gasteiger partial charge in [-0.3, -0.25) is 4.68 Å². The van der Waals surface area contributed by atoms with Crippen LogP contribution in [0.3, 0.4) is 0 Å². The summed E-state index contributed by atoms with van der Waals surface area (Å²) in [5, 5.41) is 14.7. The number of halogens is 1. The molecular weight excluding hydrogens is 224 g/mol. The Bertz CT molecular complexity index is 325. The van der Waals surface area contributed by atoms with Gasteiger partial charge in [-0.2, -0.15) is 5.10 Å². The maximum Gasteiger partial charge on any atom is 0.0971 e. The molecule has 0 bridgehead atoms. The second-order valence-corrected chi connectivity index (χ2v) is 5.15. The van der Waals surface area contributed by atoms with E-state index in [1.807, 2.05) is 7.05 Å². The third-order valence-electron chi connectivity index (χ3n) is 3.58. The Kier molecular flexibility index (Phi) is 3.87. The molecule has 1 atom stereocenters. The minimum atomic E-state index is -0.472. The Morgan fingerprint density at radius 1 is 1.56 bits per heavy atom. The molecule has 3 nitrogen and oxygen atoms in total. The van der Waals surface area contributed by atoms with Gasteiger partial charge in [-0.15, -0.1) is 0 Å². The Morgan fingerprint density at radius 3 is 2.81 bits per heavy atom. The molecule has 16 heavy (non-hydrogen) atoms. The smallest absolute Gasteiger partial charge is 0.0971 e. The van der Waals surface area contributed by atoms with Gasteiger partial charge in [0.2, 0.25) is 0 Å². The summed E-state index contributed by atoms with van der Waals surface area (Å²) in [5.74, 6) is 0.807. The number of aliphatic hydroxyl groups is 1. The van der Waals surface area contributed by atoms with Crippen molar-refractivity contribution in [1.82, 2.24) is 9.78 Å². The third-order valence-corrected chi connectivity index (χ3v) is 3.87. The highest BCUT2D eigenvalue weighted by Crippen LogP contribution is 2.32. The monoisotopic (exact) mass is 242 g/mol. The van der Waals surface area contributed by atoms with E-state index in [0.29, 0.717) is 5.02 Å². The van der Waals surface area contributed by atoms with Gasteiger partial charge in [0.05, 0.1) is 23.0 Å². The predicted octanol–water partition coefficient (Wildman–Crippen LogP) is 3.08. The van der Waals surface area contributed by atoms with Crippen LogP contribution in [0.5, 0.6) is 0 Å². The van der Waals surface area contributed by atoms with Gasteiger partial charge < -0.3 is 5.11 Å². The lowest BCUT2D eigenvalue weighted by molar-refractivity contribution is 0.148. The second kappa shape index (κ2) is 5.19. The van der Waals surface area contributed by atoms with Crippen molar-refractivity contribution in [3.8, 4) is 0 Å². The van der Waals surface area contributed by atoms with Gasteiger partial charge in [-0.25, -0.2) is 0 Å². The molecule has 1 N–H and O–H groups in total. The zero-order valence-corrected chi connectivity index (χ0v) is 10.5. The molecule has 0 saturated heterocycles. The average Bonchev–Trinajstić information content (AvgIpc) is 2.86. The van der Waals surface area contributed by atoms with Gasteiger partial charge in [-0.05, 0) is 18.8 Å². The highest BCUT2D eigenvalue weighted by Gasteiger charge is 2.20. The molecule has 90 valence electrons. The first kappa shape index (κ1) is 11.9. The molecule has 1 saturated carbocycles. The average molecular weight is 243 g/mol. The van der Waals surface area contributed by atoms with Crippen LogP contribution in [0.2, 0.25) is 5.02 Å². The minimum Gasteiger partial charge on any atom is -0.387 e. The van der Waals surface area contributed by atoms with Crippen LogP contribution < -0.4 is 0 Å². The summed E-state index contributed by atoms with van der Waals surface area (Å²) in [7, 11) is 1.82. The van der Waals surface area contributed by atoms with Crippen LogP contribution in [0.4, 0.5) is 0 Å². The van der Waals surface area contributed by atoms with E-state index in [1.54, 1.807) is 10.9 Å². The van der Waals surface area contributed by atoms with E-state index < -0.39 is 6.10 Å². The first-order valence-corrected chi connectivity index (χ1v) is 6.41. The summed E-state index contributed by atoms with van der Waals surface area (Å²) in [6, 6.07) is 0. The van der Waals surface area contributed by atoms with Crippen molar-refractivity contribution in [2.24, 2.45) is 13.0 Å². The highest BCUT2D eigenvalue weighted by atomic mass is 35.5. The quantitative estimate of drug-likeness (QED) is 0.881. The second-order valence-electron chi connectivity index (χ2n) is 4.74. The summed E-state index contributed by atoms with van der Waals surface area (Å²) >= 11 is 5.99. The third kappa shape index (κ3) is 2.58. The summed E-state index contributed by atoms with van der Waals surface area (Å²) in [4.78, 5) is 0. The lowest BCUT2D eigenvalue weighted by Gasteiger charge is -2.14. The summed E-state index contributed by atoms with van der Waals surface area (Å²) in [6.45, 7) is 0. The van der Waals surface area contributed by atoms with Gasteiger partial charge in [0.15, 0.2) is 0 Å². The van der Waals surface area contributed by atoms with Crippen molar-refractivity contribution < 1.29 is 5.11 Å². The van der Waals surface area contributed by atoms with E-state index in [2.05, 4.69) is 5.10 Å². The van der Waals surface area contributed by atoms with Crippen molar-refractivity contribution in [2.75, 3.05) is 0 Å². The number of rotatable bonds is 4. The first-order valence-electron chi connectivity index (χ1n) is 6.04. The number of aryl methyl sites for hydroxylation is 1. The van der Waals surface area contributed by atoms with E-state index in [0.717, 1.165) is 24.5 Å². The fourth-order valence-electron chi connectivity index (χ4n) is 2.62. The number of aliphatic hydroxyl groups excluding tert-OH is 1. The summed E-state index contributed by atoms with van der Waals surface area (Å²) in [5.41, 5.74) is 0.750. The highest BCUT2D eigenvalue weighted by molar-refractivity contribution is 6.31. The lowest BCUT2D eigenvalue weighted by atomic mass is 9.98. The fraction of sp³-hybridized carbons (Fsp3) is 0.750. The first-order chi connectivity index (χ1) is 7.68. The van der Waals surface area contributed by atoms with Crippen molar-refractivity contribution in [3.63, 3.8) is 0 Å². The molecule has 1 aliphatic rings. The Morgan fingerprint density at radius 2 is 2.25 bits per heavy atom. The molecule has 1 aromatic rings. The molecule has 0 aliphatic heterocycles. The molecule has 1 unspecified atom stereocenters. The standard InChI is InChI=1S/C12H19ClN2O/c1-15-12(10(13)8-14-15)11(16)7-6-9-4-2-3-5-9/h8-9,11,16H,2-7H2,1H3. The van der Waals surface area contributed by atoms with Crippen LogP contribution in [0, 0.1) is 5.92 Å². The zero-order valence-electron chi connectivity index (χ0n) is 9.69. The lowest BCUT2D eigenvalue weighted by Crippen LogP contribution is -2.07. The van der Waals surface area contributed by atoms with E-state index in [-0.39, 0.29) is 0 Å². The summed E-state index contributed by atoms with van der Waals surface area (Å²) < 4.78 is 1.67. The Hall–Kier alpha value is -0.540. The molecule has 1 heterocycles. The topological polar surface area (TPSA) is 38.0 Å². The van der Waals surface area contributed by atoms with Crippen molar-refractivity contribution in [2.45, 2.75) is 44.6 Å². The van der Waals surface area contributed by atoms with Gasteiger partial charge >= 0.3 is 0 Å². The van der Waals surface area contributed by atoms with Crippen LogP contribution in [0.1, 0.15) is 50.3 Å². The molecule has 0 radical (unpaired) electrons. The van der Waals surface area contributed by atoms with Crippen LogP contribution in [0.15, 0.2) is 6.20 Å². The fourth-order valence-corrected chi connectivity index (χ4v) is 2.92. The van der Waals surface area contributed by atoms with E-state index in [4.69, 9.17) is 11.6 Å². The number of nitrogens with zero attached hydrogens (tertiary/aromatic N) is 2. The van der Waals surface area contributed by atoms with E-state index >= 15 is 0 Å². The van der Waals surface area contributed by atoms with Crippen molar-refractivity contribution >= 4 is 11.6 Å². The molecule has 2 rings (SSSR count). The minimum absolute atomic E-state index is 0.472. The van der Waals surface area contributed by atoms with Crippen molar-refractivity contribution in [1.29, 1.82) is 0 Å². The van der Waals surface area contributed by atoms with Crippen molar-refractivity contribution in [3.05, 3.63) is 16.9 Å². The van der Waals surface area contributed by atoms with Gasteiger partial charge in [0, 0.05) is 7.05 Å². The molecule has 1 aliphatic carbocycles. The normalized spacial score (nSPS) is 19.2. The molecule has 0 aromatic carbocycles. The molecule has 0 spiro atoms. The van der Waals surface area contributed by atoms with Gasteiger partial charge in [0.1, 0.15) is 0 Å². The maximum absolute atomic E-state index is 10.1. The molecule has 4 heteroatoms.